The van der Waals surface area contributed by atoms with E-state index in [0.717, 1.165) is 57.6 Å². The van der Waals surface area contributed by atoms with Crippen molar-refractivity contribution in [3.05, 3.63) is 30.1 Å². The van der Waals surface area contributed by atoms with Gasteiger partial charge in [0.25, 0.3) is 0 Å². The Balaban J connectivity index is 1.22. The van der Waals surface area contributed by atoms with Gasteiger partial charge in [0.05, 0.1) is 36.5 Å². The number of hydrogen-bond acceptors (Lipinski definition) is 5. The molecule has 4 rings (SSSR count). The van der Waals surface area contributed by atoms with Gasteiger partial charge < -0.3 is 14.7 Å². The van der Waals surface area contributed by atoms with E-state index in [9.17, 15) is 9.90 Å². The molecule has 1 saturated carbocycles. The molecular formula is C20H29N3O3. The van der Waals surface area contributed by atoms with Crippen LogP contribution in [0.1, 0.15) is 37.8 Å². The first kappa shape index (κ1) is 17.9. The predicted octanol–water partition coefficient (Wildman–Crippen LogP) is 1.44. The van der Waals surface area contributed by atoms with Crippen LogP contribution < -0.4 is 0 Å². The van der Waals surface area contributed by atoms with E-state index in [2.05, 4.69) is 16.9 Å². The van der Waals surface area contributed by atoms with Gasteiger partial charge in [-0.2, -0.15) is 0 Å². The molecule has 2 aliphatic heterocycles. The standard InChI is InChI=1S/C20H29N3O3/c1-22-11-16(12-26-13-17-5-2-3-8-21-17)9-19(22)14-23(15-19)18(24)10-20(25)6-4-7-20/h2-3,5,8,16,25H,4,6-7,9-15H2,1H3/t16-/m1/s1. The van der Waals surface area contributed by atoms with Gasteiger partial charge in [0.15, 0.2) is 0 Å². The number of carbonyl (C=O) groups excluding carboxylic acids is 1. The highest BCUT2D eigenvalue weighted by atomic mass is 16.5. The van der Waals surface area contributed by atoms with Crippen molar-refractivity contribution in [2.75, 3.05) is 33.3 Å². The van der Waals surface area contributed by atoms with Crippen LogP contribution in [-0.4, -0.2) is 70.2 Å². The molecule has 6 nitrogen and oxygen atoms in total. The van der Waals surface area contributed by atoms with Crippen molar-refractivity contribution < 1.29 is 14.6 Å². The quantitative estimate of drug-likeness (QED) is 0.832. The lowest BCUT2D eigenvalue weighted by molar-refractivity contribution is -0.152. The average Bonchev–Trinajstić information content (AvgIpc) is 2.89. The Morgan fingerprint density at radius 1 is 1.38 bits per heavy atom. The number of carbonyl (C=O) groups is 1. The minimum absolute atomic E-state index is 0.108. The zero-order valence-electron chi connectivity index (χ0n) is 15.6. The van der Waals surface area contributed by atoms with Crippen molar-refractivity contribution in [2.45, 2.75) is 49.9 Å². The topological polar surface area (TPSA) is 65.9 Å². The summed E-state index contributed by atoms with van der Waals surface area (Å²) < 4.78 is 5.87. The van der Waals surface area contributed by atoms with E-state index in [1.807, 2.05) is 23.1 Å². The van der Waals surface area contributed by atoms with Crippen molar-refractivity contribution in [1.82, 2.24) is 14.8 Å². The lowest BCUT2D eigenvalue weighted by Crippen LogP contribution is -2.68. The molecule has 2 saturated heterocycles. The van der Waals surface area contributed by atoms with E-state index in [-0.39, 0.29) is 11.4 Å². The lowest BCUT2D eigenvalue weighted by Gasteiger charge is -2.52. The van der Waals surface area contributed by atoms with Gasteiger partial charge in [0.1, 0.15) is 0 Å². The third-order valence-corrected chi connectivity index (χ3v) is 6.43. The number of hydrogen-bond donors (Lipinski definition) is 1. The largest absolute Gasteiger partial charge is 0.389 e. The Morgan fingerprint density at radius 2 is 2.19 bits per heavy atom. The van der Waals surface area contributed by atoms with Crippen LogP contribution >= 0.6 is 0 Å². The van der Waals surface area contributed by atoms with Crippen LogP contribution in [0.3, 0.4) is 0 Å². The maximum absolute atomic E-state index is 12.4. The summed E-state index contributed by atoms with van der Waals surface area (Å²) in [6, 6.07) is 5.87. The third kappa shape index (κ3) is 3.50. The molecule has 1 aromatic rings. The van der Waals surface area contributed by atoms with Crippen molar-refractivity contribution in [3.63, 3.8) is 0 Å². The van der Waals surface area contributed by atoms with Gasteiger partial charge in [-0.25, -0.2) is 0 Å². The highest BCUT2D eigenvalue weighted by Crippen LogP contribution is 2.41. The molecule has 3 fully saturated rings. The number of likely N-dealkylation sites (N-methyl/N-ethyl adjacent to an activating group) is 1. The number of likely N-dealkylation sites (tertiary alicyclic amines) is 2. The number of aromatic nitrogens is 1. The average molecular weight is 359 g/mol. The number of ether oxygens (including phenoxy) is 1. The summed E-state index contributed by atoms with van der Waals surface area (Å²) in [6.07, 6.45) is 5.73. The van der Waals surface area contributed by atoms with E-state index in [1.54, 1.807) is 6.20 Å². The zero-order chi connectivity index (χ0) is 18.2. The smallest absolute Gasteiger partial charge is 0.225 e. The minimum Gasteiger partial charge on any atom is -0.389 e. The van der Waals surface area contributed by atoms with Crippen molar-refractivity contribution in [3.8, 4) is 0 Å². The van der Waals surface area contributed by atoms with E-state index in [0.29, 0.717) is 18.9 Å². The maximum atomic E-state index is 12.4. The molecule has 0 radical (unpaired) electrons. The summed E-state index contributed by atoms with van der Waals surface area (Å²) in [5.74, 6) is 0.609. The molecule has 3 aliphatic rings. The Morgan fingerprint density at radius 3 is 2.85 bits per heavy atom. The highest BCUT2D eigenvalue weighted by molar-refractivity contribution is 5.78. The van der Waals surface area contributed by atoms with E-state index >= 15 is 0 Å². The van der Waals surface area contributed by atoms with Gasteiger partial charge in [-0.1, -0.05) is 6.07 Å². The number of aliphatic hydroxyl groups is 1. The van der Waals surface area contributed by atoms with Gasteiger partial charge in [-0.15, -0.1) is 0 Å². The monoisotopic (exact) mass is 359 g/mol. The van der Waals surface area contributed by atoms with Crippen molar-refractivity contribution in [2.24, 2.45) is 5.92 Å². The molecule has 0 aromatic carbocycles. The van der Waals surface area contributed by atoms with E-state index in [4.69, 9.17) is 4.74 Å². The summed E-state index contributed by atoms with van der Waals surface area (Å²) in [7, 11) is 2.15. The van der Waals surface area contributed by atoms with Crippen molar-refractivity contribution >= 4 is 5.91 Å². The molecule has 6 heteroatoms. The molecule has 1 amide bonds. The molecule has 142 valence electrons. The molecule has 0 unspecified atom stereocenters. The Bertz CT molecular complexity index is 641. The highest BCUT2D eigenvalue weighted by Gasteiger charge is 2.53. The minimum atomic E-state index is -0.719. The molecule has 3 heterocycles. The van der Waals surface area contributed by atoms with Gasteiger partial charge in [0, 0.05) is 25.8 Å². The van der Waals surface area contributed by atoms with Crippen molar-refractivity contribution in [1.29, 1.82) is 0 Å². The second kappa shape index (κ2) is 6.91. The Kier molecular flexibility index (Phi) is 4.75. The second-order valence-corrected chi connectivity index (χ2v) is 8.52. The molecule has 1 N–H and O–H groups in total. The molecule has 1 atom stereocenters. The summed E-state index contributed by atoms with van der Waals surface area (Å²) in [4.78, 5) is 21.0. The summed E-state index contributed by atoms with van der Waals surface area (Å²) in [5.41, 5.74) is 0.350. The Hall–Kier alpha value is -1.50. The molecule has 1 spiro atoms. The molecule has 0 bridgehead atoms. The van der Waals surface area contributed by atoms with Gasteiger partial charge >= 0.3 is 0 Å². The van der Waals surface area contributed by atoms with Crippen LogP contribution in [0.5, 0.6) is 0 Å². The normalized spacial score (nSPS) is 26.5. The summed E-state index contributed by atoms with van der Waals surface area (Å²) in [5, 5.41) is 10.2. The fourth-order valence-electron chi connectivity index (χ4n) is 4.63. The first-order valence-corrected chi connectivity index (χ1v) is 9.67. The lowest BCUT2D eigenvalue weighted by atomic mass is 9.76. The molecule has 1 aliphatic carbocycles. The third-order valence-electron chi connectivity index (χ3n) is 6.43. The number of nitrogens with zero attached hydrogens (tertiary/aromatic N) is 3. The summed E-state index contributed by atoms with van der Waals surface area (Å²) in [6.45, 7) is 3.87. The summed E-state index contributed by atoms with van der Waals surface area (Å²) >= 11 is 0. The van der Waals surface area contributed by atoms with Gasteiger partial charge in [-0.05, 0) is 50.8 Å². The van der Waals surface area contributed by atoms with Crippen LogP contribution in [0.4, 0.5) is 0 Å². The fraction of sp³-hybridized carbons (Fsp3) is 0.700. The second-order valence-electron chi connectivity index (χ2n) is 8.52. The SMILES string of the molecule is CN1C[C@H](COCc2ccccn2)CC12CN(C(=O)CC1(O)CCC1)C2. The molecular weight excluding hydrogens is 330 g/mol. The number of pyridine rings is 1. The van der Waals surface area contributed by atoms with Crippen LogP contribution in [0.15, 0.2) is 24.4 Å². The molecule has 1 aromatic heterocycles. The Labute approximate surface area is 155 Å². The number of rotatable bonds is 6. The first-order chi connectivity index (χ1) is 12.5. The van der Waals surface area contributed by atoms with Crippen LogP contribution in [0.2, 0.25) is 0 Å². The van der Waals surface area contributed by atoms with E-state index < -0.39 is 5.60 Å². The maximum Gasteiger partial charge on any atom is 0.225 e. The van der Waals surface area contributed by atoms with Gasteiger partial charge in [0.2, 0.25) is 5.91 Å². The number of amides is 1. The first-order valence-electron chi connectivity index (χ1n) is 9.67. The van der Waals surface area contributed by atoms with E-state index in [1.165, 1.54) is 0 Å². The van der Waals surface area contributed by atoms with Crippen LogP contribution in [0.25, 0.3) is 0 Å². The molecule has 26 heavy (non-hydrogen) atoms. The van der Waals surface area contributed by atoms with Gasteiger partial charge in [-0.3, -0.25) is 14.7 Å². The van der Waals surface area contributed by atoms with Crippen LogP contribution in [-0.2, 0) is 16.1 Å². The zero-order valence-corrected chi connectivity index (χ0v) is 15.6. The predicted molar refractivity (Wildman–Crippen MR) is 97.4 cm³/mol. The van der Waals surface area contributed by atoms with Crippen LogP contribution in [0, 0.1) is 5.92 Å². The fourth-order valence-corrected chi connectivity index (χ4v) is 4.63.